The summed E-state index contributed by atoms with van der Waals surface area (Å²) >= 11 is 0. The minimum atomic E-state index is -1.63. The Morgan fingerprint density at radius 2 is 2.05 bits per heavy atom. The van der Waals surface area contributed by atoms with Crippen LogP contribution < -0.4 is 5.32 Å². The van der Waals surface area contributed by atoms with Crippen LogP contribution in [0.15, 0.2) is 0 Å². The Labute approximate surface area is 119 Å². The van der Waals surface area contributed by atoms with E-state index in [1.165, 1.54) is 12.8 Å². The highest BCUT2D eigenvalue weighted by atomic mass is 28.4. The maximum Gasteiger partial charge on any atom is 0.317 e. The number of hydrogen-bond donors (Lipinski definition) is 1. The first-order valence-corrected chi connectivity index (χ1v) is 10.7. The fraction of sp³-hybridized carbons (Fsp3) is 0.929. The molecule has 2 amide bonds. The van der Waals surface area contributed by atoms with Crippen LogP contribution in [0.1, 0.15) is 39.5 Å². The highest BCUT2D eigenvalue weighted by Crippen LogP contribution is 2.31. The first-order valence-electron chi connectivity index (χ1n) is 7.68. The number of nitrogens with one attached hydrogen (secondary N) is 1. The van der Waals surface area contributed by atoms with Gasteiger partial charge in [0.2, 0.25) is 0 Å². The molecule has 4 nitrogen and oxygen atoms in total. The average molecular weight is 286 g/mol. The minimum absolute atomic E-state index is 0.101. The maximum atomic E-state index is 11.6. The van der Waals surface area contributed by atoms with Crippen molar-refractivity contribution in [1.29, 1.82) is 0 Å². The summed E-state index contributed by atoms with van der Waals surface area (Å²) in [5.74, 6) is 0. The molecule has 0 aliphatic carbocycles. The van der Waals surface area contributed by atoms with E-state index in [-0.39, 0.29) is 6.03 Å². The van der Waals surface area contributed by atoms with Gasteiger partial charge in [0.1, 0.15) is 0 Å². The summed E-state index contributed by atoms with van der Waals surface area (Å²) in [6.07, 6.45) is 4.59. The second kappa shape index (κ2) is 7.90. The predicted molar refractivity (Wildman–Crippen MR) is 82.0 cm³/mol. The van der Waals surface area contributed by atoms with Crippen molar-refractivity contribution in [2.24, 2.45) is 0 Å². The first-order chi connectivity index (χ1) is 9.01. The van der Waals surface area contributed by atoms with Crippen molar-refractivity contribution >= 4 is 14.3 Å². The Kier molecular flexibility index (Phi) is 6.86. The summed E-state index contributed by atoms with van der Waals surface area (Å²) < 4.78 is 6.16. The average Bonchev–Trinajstić information content (AvgIpc) is 2.77. The number of nitrogens with zero attached hydrogens (tertiary/aromatic N) is 1. The van der Waals surface area contributed by atoms with Gasteiger partial charge in [0, 0.05) is 26.2 Å². The van der Waals surface area contributed by atoms with Crippen molar-refractivity contribution in [2.45, 2.75) is 58.2 Å². The molecule has 1 atom stereocenters. The lowest BCUT2D eigenvalue weighted by Gasteiger charge is -2.33. The van der Waals surface area contributed by atoms with Crippen molar-refractivity contribution in [1.82, 2.24) is 10.2 Å². The molecule has 112 valence electrons. The predicted octanol–water partition coefficient (Wildman–Crippen LogP) is 3.20. The Hall–Kier alpha value is -0.553. The minimum Gasteiger partial charge on any atom is -0.417 e. The first kappa shape index (κ1) is 16.5. The molecule has 1 N–H and O–H groups in total. The van der Waals surface area contributed by atoms with Crippen LogP contribution in [0.2, 0.25) is 18.6 Å². The molecule has 0 radical (unpaired) electrons. The smallest absolute Gasteiger partial charge is 0.317 e. The molecule has 0 bridgehead atoms. The number of carbonyl (C=O) groups excluding carboxylic acids is 1. The molecule has 1 fully saturated rings. The Balaban J connectivity index is 2.48. The monoisotopic (exact) mass is 286 g/mol. The molecular weight excluding hydrogens is 256 g/mol. The van der Waals surface area contributed by atoms with Gasteiger partial charge < -0.3 is 14.6 Å². The zero-order valence-electron chi connectivity index (χ0n) is 13.0. The molecule has 1 unspecified atom stereocenters. The topological polar surface area (TPSA) is 41.6 Å². The van der Waals surface area contributed by atoms with Crippen LogP contribution in [0.3, 0.4) is 0 Å². The lowest BCUT2D eigenvalue weighted by Crippen LogP contribution is -2.39. The van der Waals surface area contributed by atoms with E-state index in [2.05, 4.69) is 32.3 Å². The van der Waals surface area contributed by atoms with Crippen LogP contribution in [0, 0.1) is 0 Å². The van der Waals surface area contributed by atoms with E-state index >= 15 is 0 Å². The number of rotatable bonds is 9. The number of urea groups is 1. The number of amides is 2. The Morgan fingerprint density at radius 3 is 2.58 bits per heavy atom. The molecule has 1 heterocycles. The van der Waals surface area contributed by atoms with E-state index in [0.29, 0.717) is 5.54 Å². The summed E-state index contributed by atoms with van der Waals surface area (Å²) in [4.78, 5) is 13.5. The van der Waals surface area contributed by atoms with E-state index in [9.17, 15) is 4.79 Å². The fourth-order valence-corrected chi connectivity index (χ4v) is 5.48. The van der Waals surface area contributed by atoms with Crippen LogP contribution >= 0.6 is 0 Å². The van der Waals surface area contributed by atoms with Gasteiger partial charge in [-0.1, -0.05) is 26.7 Å². The second-order valence-corrected chi connectivity index (χ2v) is 10.3. The van der Waals surface area contributed by atoms with Crippen molar-refractivity contribution in [3.63, 3.8) is 0 Å². The molecule has 1 saturated heterocycles. The van der Waals surface area contributed by atoms with Gasteiger partial charge in [0.05, 0.1) is 0 Å². The summed E-state index contributed by atoms with van der Waals surface area (Å²) in [6.45, 7) is 12.5. The fourth-order valence-electron chi connectivity index (χ4n) is 2.71. The van der Waals surface area contributed by atoms with Crippen LogP contribution in [0.25, 0.3) is 0 Å². The van der Waals surface area contributed by atoms with E-state index < -0.39 is 8.32 Å². The van der Waals surface area contributed by atoms with Crippen LogP contribution in [-0.2, 0) is 4.43 Å². The van der Waals surface area contributed by atoms with E-state index in [4.69, 9.17) is 4.43 Å². The normalized spacial score (nSPS) is 17.7. The van der Waals surface area contributed by atoms with Crippen LogP contribution in [-0.4, -0.2) is 45.5 Å². The SMILES string of the molecule is CCCO[Si](C)(C)C(CCC)CCN1CCNC1=O. The summed E-state index contributed by atoms with van der Waals surface area (Å²) in [5.41, 5.74) is 0.650. The lowest BCUT2D eigenvalue weighted by molar-refractivity contribution is 0.215. The molecule has 0 aromatic carbocycles. The highest BCUT2D eigenvalue weighted by molar-refractivity contribution is 6.72. The zero-order valence-corrected chi connectivity index (χ0v) is 14.0. The number of hydrogen-bond acceptors (Lipinski definition) is 2. The zero-order chi connectivity index (χ0) is 14.3. The molecule has 0 aromatic heterocycles. The van der Waals surface area contributed by atoms with E-state index in [1.807, 2.05) is 4.90 Å². The molecule has 5 heteroatoms. The van der Waals surface area contributed by atoms with Gasteiger partial charge in [-0.15, -0.1) is 0 Å². The van der Waals surface area contributed by atoms with Crippen molar-refractivity contribution in [3.8, 4) is 0 Å². The van der Waals surface area contributed by atoms with Crippen molar-refractivity contribution < 1.29 is 9.22 Å². The molecule has 0 aromatic rings. The summed E-state index contributed by atoms with van der Waals surface area (Å²) in [7, 11) is -1.63. The lowest BCUT2D eigenvalue weighted by atomic mass is 10.2. The van der Waals surface area contributed by atoms with Crippen LogP contribution in [0.4, 0.5) is 4.79 Å². The molecule has 1 aliphatic heterocycles. The third kappa shape index (κ3) is 5.14. The molecule has 1 aliphatic rings. The molecule has 0 saturated carbocycles. The van der Waals surface area contributed by atoms with Crippen molar-refractivity contribution in [2.75, 3.05) is 26.2 Å². The van der Waals surface area contributed by atoms with Gasteiger partial charge in [-0.25, -0.2) is 4.79 Å². The number of carbonyl (C=O) groups is 1. The highest BCUT2D eigenvalue weighted by Gasteiger charge is 2.33. The largest absolute Gasteiger partial charge is 0.417 e. The van der Waals surface area contributed by atoms with Gasteiger partial charge in [0.25, 0.3) is 0 Å². The van der Waals surface area contributed by atoms with E-state index in [1.54, 1.807) is 0 Å². The summed E-state index contributed by atoms with van der Waals surface area (Å²) in [6, 6.07) is 0.101. The van der Waals surface area contributed by atoms with Gasteiger partial charge in [-0.05, 0) is 31.5 Å². The Morgan fingerprint density at radius 1 is 1.32 bits per heavy atom. The standard InChI is InChI=1S/C14H30N2O2Si/c1-5-7-13(19(3,4)18-12-6-2)8-10-16-11-9-15-14(16)17/h13H,5-12H2,1-4H3,(H,15,17). The van der Waals surface area contributed by atoms with Gasteiger partial charge >= 0.3 is 6.03 Å². The van der Waals surface area contributed by atoms with Crippen LogP contribution in [0.5, 0.6) is 0 Å². The molecule has 1 rings (SSSR count). The molecule has 19 heavy (non-hydrogen) atoms. The second-order valence-electron chi connectivity index (χ2n) is 5.95. The van der Waals surface area contributed by atoms with E-state index in [0.717, 1.165) is 39.1 Å². The molecular formula is C14H30N2O2Si. The maximum absolute atomic E-state index is 11.6. The van der Waals surface area contributed by atoms with Gasteiger partial charge in [-0.2, -0.15) is 0 Å². The Bertz CT molecular complexity index is 285. The molecule has 0 spiro atoms. The summed E-state index contributed by atoms with van der Waals surface area (Å²) in [5, 5.41) is 2.87. The van der Waals surface area contributed by atoms with Gasteiger partial charge in [0.15, 0.2) is 8.32 Å². The quantitative estimate of drug-likeness (QED) is 0.661. The third-order valence-corrected chi connectivity index (χ3v) is 7.48. The third-order valence-electron chi connectivity index (χ3n) is 3.99. The van der Waals surface area contributed by atoms with Gasteiger partial charge in [-0.3, -0.25) is 0 Å². The van der Waals surface area contributed by atoms with Crippen molar-refractivity contribution in [3.05, 3.63) is 0 Å².